The Kier molecular flexibility index (Phi) is 3.95. The third kappa shape index (κ3) is 3.09. The van der Waals surface area contributed by atoms with Crippen LogP contribution in [0, 0.1) is 0 Å². The van der Waals surface area contributed by atoms with Crippen molar-refractivity contribution in [3.05, 3.63) is 85.1 Å². The maximum absolute atomic E-state index is 10.2. The molecule has 1 aliphatic carbocycles. The zero-order chi connectivity index (χ0) is 21.0. The summed E-state index contributed by atoms with van der Waals surface area (Å²) < 4.78 is 2.11. The summed E-state index contributed by atoms with van der Waals surface area (Å²) in [6.07, 6.45) is 7.07. The van der Waals surface area contributed by atoms with Gasteiger partial charge in [0.1, 0.15) is 5.82 Å². The van der Waals surface area contributed by atoms with Gasteiger partial charge in [0.2, 0.25) is 0 Å². The summed E-state index contributed by atoms with van der Waals surface area (Å²) in [5.74, 6) is 1.24. The zero-order valence-corrected chi connectivity index (χ0v) is 17.2. The Balaban J connectivity index is 1.47. The van der Waals surface area contributed by atoms with Crippen LogP contribution in [0.3, 0.4) is 0 Å². The highest BCUT2D eigenvalue weighted by atomic mass is 16.3. The molecule has 1 aliphatic rings. The molecular weight excluding hydrogens is 384 g/mol. The van der Waals surface area contributed by atoms with Crippen LogP contribution in [0.25, 0.3) is 38.9 Å². The van der Waals surface area contributed by atoms with Gasteiger partial charge in [0.25, 0.3) is 0 Å². The third-order valence-electron chi connectivity index (χ3n) is 6.25. The van der Waals surface area contributed by atoms with Crippen LogP contribution in [0.5, 0.6) is 0 Å². The van der Waals surface area contributed by atoms with Crippen molar-refractivity contribution in [1.82, 2.24) is 19.4 Å². The van der Waals surface area contributed by atoms with E-state index in [0.29, 0.717) is 0 Å². The smallest absolute Gasteiger partial charge is 0.117 e. The molecule has 5 heteroatoms. The number of hydrogen-bond acceptors (Lipinski definition) is 4. The monoisotopic (exact) mass is 406 g/mol. The van der Waals surface area contributed by atoms with Crippen LogP contribution in [0.4, 0.5) is 0 Å². The fourth-order valence-corrected chi connectivity index (χ4v) is 4.68. The number of nitrogens with zero attached hydrogens (tertiary/aromatic N) is 4. The number of hydrogen-bond donors (Lipinski definition) is 1. The predicted molar refractivity (Wildman–Crippen MR) is 122 cm³/mol. The molecule has 0 spiro atoms. The lowest BCUT2D eigenvalue weighted by Gasteiger charge is -2.40. The Labute approximate surface area is 180 Å². The van der Waals surface area contributed by atoms with Crippen molar-refractivity contribution in [1.29, 1.82) is 0 Å². The first-order chi connectivity index (χ1) is 15.1. The highest BCUT2D eigenvalue weighted by Crippen LogP contribution is 2.45. The minimum Gasteiger partial charge on any atom is -0.390 e. The van der Waals surface area contributed by atoms with Gasteiger partial charge in [0.05, 0.1) is 34.2 Å². The van der Waals surface area contributed by atoms with Gasteiger partial charge in [-0.05, 0) is 31.9 Å². The van der Waals surface area contributed by atoms with Gasteiger partial charge >= 0.3 is 0 Å². The van der Waals surface area contributed by atoms with Crippen LogP contribution in [-0.2, 0) is 0 Å². The highest BCUT2D eigenvalue weighted by Gasteiger charge is 2.41. The normalized spacial score (nSPS) is 20.8. The molecule has 1 fully saturated rings. The second-order valence-electron chi connectivity index (χ2n) is 8.72. The Bertz CT molecular complexity index is 1410. The first-order valence-corrected chi connectivity index (χ1v) is 10.6. The second-order valence-corrected chi connectivity index (χ2v) is 8.72. The van der Waals surface area contributed by atoms with E-state index in [1.165, 1.54) is 0 Å². The molecule has 0 atom stereocenters. The maximum Gasteiger partial charge on any atom is 0.117 e. The van der Waals surface area contributed by atoms with Gasteiger partial charge in [-0.25, -0.2) is 9.97 Å². The van der Waals surface area contributed by atoms with Crippen molar-refractivity contribution in [2.45, 2.75) is 31.3 Å². The van der Waals surface area contributed by atoms with Crippen LogP contribution in [0.15, 0.2) is 79.3 Å². The molecule has 0 amide bonds. The van der Waals surface area contributed by atoms with Gasteiger partial charge in [-0.1, -0.05) is 48.5 Å². The van der Waals surface area contributed by atoms with Crippen LogP contribution in [0.2, 0.25) is 0 Å². The van der Waals surface area contributed by atoms with Crippen molar-refractivity contribution in [3.8, 4) is 22.5 Å². The Morgan fingerprint density at radius 3 is 2.58 bits per heavy atom. The number of imidazole rings is 1. The molecule has 152 valence electrons. The van der Waals surface area contributed by atoms with Gasteiger partial charge in [0.15, 0.2) is 0 Å². The summed E-state index contributed by atoms with van der Waals surface area (Å²) in [6.45, 7) is 1.89. The molecule has 6 rings (SSSR count). The van der Waals surface area contributed by atoms with E-state index in [9.17, 15) is 5.11 Å². The molecule has 0 bridgehead atoms. The highest BCUT2D eigenvalue weighted by molar-refractivity contribution is 5.88. The number of pyridine rings is 1. The van der Waals surface area contributed by atoms with E-state index in [4.69, 9.17) is 9.97 Å². The first-order valence-electron chi connectivity index (χ1n) is 10.6. The number of rotatable bonds is 3. The van der Waals surface area contributed by atoms with Crippen molar-refractivity contribution < 1.29 is 5.11 Å². The van der Waals surface area contributed by atoms with Gasteiger partial charge in [-0.3, -0.25) is 9.38 Å². The van der Waals surface area contributed by atoms with Gasteiger partial charge < -0.3 is 5.11 Å². The van der Waals surface area contributed by atoms with E-state index < -0.39 is 5.60 Å². The first kappa shape index (κ1) is 18.2. The fraction of sp³-hybridized carbons (Fsp3) is 0.192. The van der Waals surface area contributed by atoms with Gasteiger partial charge in [0, 0.05) is 34.8 Å². The zero-order valence-electron chi connectivity index (χ0n) is 17.2. The molecule has 3 heterocycles. The lowest BCUT2D eigenvalue weighted by atomic mass is 9.72. The Morgan fingerprint density at radius 2 is 1.77 bits per heavy atom. The van der Waals surface area contributed by atoms with Gasteiger partial charge in [-0.2, -0.15) is 0 Å². The van der Waals surface area contributed by atoms with Crippen molar-refractivity contribution in [2.24, 2.45) is 0 Å². The molecule has 1 N–H and O–H groups in total. The summed E-state index contributed by atoms with van der Waals surface area (Å²) >= 11 is 0. The molecule has 3 aromatic heterocycles. The summed E-state index contributed by atoms with van der Waals surface area (Å²) in [5, 5.41) is 11.3. The van der Waals surface area contributed by atoms with E-state index in [1.807, 2.05) is 37.5 Å². The topological polar surface area (TPSA) is 63.3 Å². The largest absolute Gasteiger partial charge is 0.390 e. The molecule has 31 heavy (non-hydrogen) atoms. The lowest BCUT2D eigenvalue weighted by Crippen LogP contribution is -2.40. The van der Waals surface area contributed by atoms with Crippen molar-refractivity contribution >= 4 is 16.4 Å². The van der Waals surface area contributed by atoms with E-state index in [-0.39, 0.29) is 5.92 Å². The summed E-state index contributed by atoms with van der Waals surface area (Å²) in [4.78, 5) is 14.3. The minimum atomic E-state index is -0.593. The van der Waals surface area contributed by atoms with Crippen molar-refractivity contribution in [3.63, 3.8) is 0 Å². The lowest BCUT2D eigenvalue weighted by molar-refractivity contribution is -0.0335. The molecule has 5 nitrogen and oxygen atoms in total. The predicted octanol–water partition coefficient (Wildman–Crippen LogP) is 5.24. The average Bonchev–Trinajstić information content (AvgIpc) is 3.17. The van der Waals surface area contributed by atoms with E-state index in [0.717, 1.165) is 57.6 Å². The third-order valence-corrected chi connectivity index (χ3v) is 6.25. The Morgan fingerprint density at radius 1 is 0.968 bits per heavy atom. The van der Waals surface area contributed by atoms with E-state index >= 15 is 0 Å². The molecule has 5 aromatic rings. The molecular formula is C26H22N4O. The van der Waals surface area contributed by atoms with Crippen LogP contribution < -0.4 is 0 Å². The molecule has 0 aliphatic heterocycles. The molecule has 2 aromatic carbocycles. The molecule has 0 unspecified atom stereocenters. The summed E-state index contributed by atoms with van der Waals surface area (Å²) in [5.41, 5.74) is 5.31. The molecule has 0 radical (unpaired) electrons. The summed E-state index contributed by atoms with van der Waals surface area (Å²) in [6, 6.07) is 20.7. The fourth-order valence-electron chi connectivity index (χ4n) is 4.68. The maximum atomic E-state index is 10.2. The second kappa shape index (κ2) is 6.72. The average molecular weight is 406 g/mol. The van der Waals surface area contributed by atoms with Crippen LogP contribution >= 0.6 is 0 Å². The SMILES string of the molecule is CC1(O)CC(c2nc(-c3ccc4ccc(-c5ccccc5)nc4c3)c3cnccn23)C1. The quantitative estimate of drug-likeness (QED) is 0.445. The van der Waals surface area contributed by atoms with E-state index in [1.54, 1.807) is 6.20 Å². The molecule has 1 saturated carbocycles. The number of fused-ring (bicyclic) bond motifs is 2. The van der Waals surface area contributed by atoms with Crippen LogP contribution in [0.1, 0.15) is 31.5 Å². The van der Waals surface area contributed by atoms with E-state index in [2.05, 4.69) is 51.8 Å². The Hall–Kier alpha value is -3.57. The van der Waals surface area contributed by atoms with Crippen molar-refractivity contribution in [2.75, 3.05) is 0 Å². The van der Waals surface area contributed by atoms with Gasteiger partial charge in [-0.15, -0.1) is 0 Å². The minimum absolute atomic E-state index is 0.252. The number of aromatic nitrogens is 4. The summed E-state index contributed by atoms with van der Waals surface area (Å²) in [7, 11) is 0. The molecule has 0 saturated heterocycles. The number of benzene rings is 2. The van der Waals surface area contributed by atoms with Crippen LogP contribution in [-0.4, -0.2) is 30.1 Å². The standard InChI is InChI=1S/C26H22N4O/c1-26(31)14-20(15-26)25-29-24(23-16-27-11-12-30(23)25)19-8-7-18-9-10-21(28-22(18)13-19)17-5-3-2-4-6-17/h2-13,16,20,31H,14-15H2,1H3. The number of aliphatic hydroxyl groups is 1.